The molecule has 0 spiro atoms. The summed E-state index contributed by atoms with van der Waals surface area (Å²) in [5.41, 5.74) is 1.60. The number of aromatic nitrogens is 3. The Bertz CT molecular complexity index is 1650. The maximum absolute atomic E-state index is 14.2. The number of carboxylic acids is 1. The molecule has 2 aromatic heterocycles. The summed E-state index contributed by atoms with van der Waals surface area (Å²) >= 11 is 12.3. The molecule has 0 fully saturated rings. The predicted molar refractivity (Wildman–Crippen MR) is 129 cm³/mol. The van der Waals surface area contributed by atoms with Crippen LogP contribution in [-0.4, -0.2) is 37.3 Å². The molecule has 6 nitrogen and oxygen atoms in total. The Labute approximate surface area is 206 Å². The number of halogens is 4. The smallest absolute Gasteiger partial charge is 0.404 e. The largest absolute Gasteiger partial charge is 0.476 e. The zero-order chi connectivity index (χ0) is 24.9. The van der Waals surface area contributed by atoms with Gasteiger partial charge < -0.3 is 5.11 Å². The molecule has 0 radical (unpaired) electrons. The van der Waals surface area contributed by atoms with Crippen LogP contribution in [0.25, 0.3) is 39.0 Å². The molecule has 0 unspecified atom stereocenters. The summed E-state index contributed by atoms with van der Waals surface area (Å²) in [6, 6.07) is 18.7. The Kier molecular flexibility index (Phi) is 5.50. The van der Waals surface area contributed by atoms with Crippen molar-refractivity contribution >= 4 is 56.8 Å². The van der Waals surface area contributed by atoms with E-state index in [2.05, 4.69) is 9.97 Å². The van der Waals surface area contributed by atoms with Gasteiger partial charge in [-0.1, -0.05) is 53.5 Å². The van der Waals surface area contributed by atoms with Gasteiger partial charge in [-0.05, 0) is 36.4 Å². The van der Waals surface area contributed by atoms with Gasteiger partial charge in [0.1, 0.15) is 0 Å². The van der Waals surface area contributed by atoms with Crippen LogP contribution >= 0.6 is 23.2 Å². The Balaban J connectivity index is 1.81. The van der Waals surface area contributed by atoms with Gasteiger partial charge in [-0.3, -0.25) is 9.36 Å². The van der Waals surface area contributed by atoms with E-state index in [0.717, 1.165) is 11.8 Å². The lowest BCUT2D eigenvalue weighted by atomic mass is 10.0. The number of benzene rings is 3. The molecule has 35 heavy (non-hydrogen) atoms. The topological polar surface area (TPSA) is 85.1 Å². The number of nitrogens with zero attached hydrogens (tertiary/aromatic N) is 3. The molecule has 0 bridgehead atoms. The summed E-state index contributed by atoms with van der Waals surface area (Å²) in [6.45, 7) is 0. The van der Waals surface area contributed by atoms with Crippen LogP contribution in [0.5, 0.6) is 0 Å². The van der Waals surface area contributed by atoms with Gasteiger partial charge in [0.2, 0.25) is 11.7 Å². The third kappa shape index (κ3) is 3.90. The van der Waals surface area contributed by atoms with Crippen molar-refractivity contribution < 1.29 is 23.5 Å². The minimum Gasteiger partial charge on any atom is -0.476 e. The molecule has 0 aliphatic carbocycles. The molecule has 1 N–H and O–H groups in total. The molecule has 3 aromatic carbocycles. The third-order valence-corrected chi connectivity index (χ3v) is 5.94. The van der Waals surface area contributed by atoms with Crippen LogP contribution in [0.4, 0.5) is 8.78 Å². The second-order valence-electron chi connectivity index (χ2n) is 7.68. The van der Waals surface area contributed by atoms with Crippen molar-refractivity contribution in [2.24, 2.45) is 0 Å². The summed E-state index contributed by atoms with van der Waals surface area (Å²) in [5.74, 6) is -8.95. The molecule has 0 saturated heterocycles. The van der Waals surface area contributed by atoms with Gasteiger partial charge in [0, 0.05) is 32.6 Å². The number of carbonyl (C=O) groups excluding carboxylic acids is 1. The molecule has 0 aliphatic heterocycles. The average Bonchev–Trinajstić information content (AvgIpc) is 3.21. The Morgan fingerprint density at radius 1 is 0.886 bits per heavy atom. The Hall–Kier alpha value is -3.88. The lowest BCUT2D eigenvalue weighted by Gasteiger charge is -2.11. The maximum Gasteiger partial charge on any atom is 0.404 e. The van der Waals surface area contributed by atoms with E-state index in [4.69, 9.17) is 28.3 Å². The van der Waals surface area contributed by atoms with Crippen LogP contribution in [0.3, 0.4) is 0 Å². The molecular weight excluding hydrogens is 499 g/mol. The fourth-order valence-electron chi connectivity index (χ4n) is 3.83. The SMILES string of the molecule is O=C(O)C(F)(F)C(=O)c1cn(-c2nc(-c3ccccc3)c3cc(Cl)ccc3n2)c2ccc(Cl)cc12. The number of carbonyl (C=O) groups is 2. The lowest BCUT2D eigenvalue weighted by molar-refractivity contribution is -0.157. The number of carboxylic acid groups (broad SMARTS) is 1. The molecule has 5 rings (SSSR count). The minimum atomic E-state index is -4.63. The van der Waals surface area contributed by atoms with Crippen LogP contribution in [0.2, 0.25) is 10.0 Å². The molecule has 174 valence electrons. The number of ketones is 1. The zero-order valence-electron chi connectivity index (χ0n) is 17.5. The summed E-state index contributed by atoms with van der Waals surface area (Å²) < 4.78 is 29.7. The monoisotopic (exact) mass is 511 g/mol. The minimum absolute atomic E-state index is 0.0458. The Morgan fingerprint density at radius 3 is 2.23 bits per heavy atom. The summed E-state index contributed by atoms with van der Waals surface area (Å²) in [7, 11) is 0. The molecular formula is C25H13Cl2F2N3O3. The molecule has 0 aliphatic rings. The van der Waals surface area contributed by atoms with Gasteiger partial charge in [0.15, 0.2) is 0 Å². The van der Waals surface area contributed by atoms with Crippen LogP contribution in [0, 0.1) is 0 Å². The van der Waals surface area contributed by atoms with Crippen LogP contribution in [0.15, 0.2) is 72.9 Å². The first kappa shape index (κ1) is 22.9. The van der Waals surface area contributed by atoms with Crippen LogP contribution in [0.1, 0.15) is 10.4 Å². The van der Waals surface area contributed by atoms with Gasteiger partial charge in [0.25, 0.3) is 0 Å². The molecule has 0 amide bonds. The van der Waals surface area contributed by atoms with Crippen molar-refractivity contribution in [3.63, 3.8) is 0 Å². The normalized spacial score (nSPS) is 11.8. The van der Waals surface area contributed by atoms with Gasteiger partial charge >= 0.3 is 11.9 Å². The highest BCUT2D eigenvalue weighted by Gasteiger charge is 2.49. The van der Waals surface area contributed by atoms with E-state index in [1.807, 2.05) is 30.3 Å². The number of hydrogen-bond donors (Lipinski definition) is 1. The molecule has 0 saturated carbocycles. The molecule has 2 heterocycles. The van der Waals surface area contributed by atoms with E-state index >= 15 is 0 Å². The second-order valence-corrected chi connectivity index (χ2v) is 8.56. The fraction of sp³-hybridized carbons (Fsp3) is 0.0400. The van der Waals surface area contributed by atoms with E-state index in [1.54, 1.807) is 18.2 Å². The molecule has 10 heteroatoms. The number of alkyl halides is 2. The summed E-state index contributed by atoms with van der Waals surface area (Å²) in [4.78, 5) is 32.9. The fourth-order valence-corrected chi connectivity index (χ4v) is 4.17. The van der Waals surface area contributed by atoms with Crippen molar-refractivity contribution in [1.29, 1.82) is 0 Å². The van der Waals surface area contributed by atoms with E-state index < -0.39 is 23.2 Å². The highest BCUT2D eigenvalue weighted by molar-refractivity contribution is 6.32. The first-order valence-corrected chi connectivity index (χ1v) is 10.9. The first-order chi connectivity index (χ1) is 16.7. The van der Waals surface area contributed by atoms with Gasteiger partial charge in [-0.15, -0.1) is 0 Å². The number of aliphatic carboxylic acids is 1. The zero-order valence-corrected chi connectivity index (χ0v) is 19.1. The van der Waals surface area contributed by atoms with Crippen molar-refractivity contribution in [2.75, 3.05) is 0 Å². The van der Waals surface area contributed by atoms with Crippen molar-refractivity contribution in [2.45, 2.75) is 5.92 Å². The highest BCUT2D eigenvalue weighted by Crippen LogP contribution is 2.33. The van der Waals surface area contributed by atoms with Crippen molar-refractivity contribution in [1.82, 2.24) is 14.5 Å². The van der Waals surface area contributed by atoms with E-state index in [-0.39, 0.29) is 16.4 Å². The first-order valence-electron chi connectivity index (χ1n) is 10.2. The number of rotatable bonds is 5. The lowest BCUT2D eigenvalue weighted by Crippen LogP contribution is -2.37. The van der Waals surface area contributed by atoms with E-state index in [0.29, 0.717) is 27.1 Å². The number of fused-ring (bicyclic) bond motifs is 2. The summed E-state index contributed by atoms with van der Waals surface area (Å²) in [5, 5.41) is 10.3. The quantitative estimate of drug-likeness (QED) is 0.216. The molecule has 5 aromatic rings. The highest BCUT2D eigenvalue weighted by atomic mass is 35.5. The van der Waals surface area contributed by atoms with E-state index in [9.17, 15) is 18.4 Å². The Morgan fingerprint density at radius 2 is 1.54 bits per heavy atom. The average molecular weight is 512 g/mol. The summed E-state index contributed by atoms with van der Waals surface area (Å²) in [6.07, 6.45) is 1.10. The maximum atomic E-state index is 14.2. The predicted octanol–water partition coefficient (Wildman–Crippen LogP) is 6.45. The number of hydrogen-bond acceptors (Lipinski definition) is 4. The van der Waals surface area contributed by atoms with Crippen LogP contribution < -0.4 is 0 Å². The number of Topliss-reactive ketones (excluding diaryl/α,β-unsaturated/α-hetero) is 1. The van der Waals surface area contributed by atoms with Crippen molar-refractivity contribution in [3.05, 3.63) is 88.5 Å². The van der Waals surface area contributed by atoms with Crippen LogP contribution in [-0.2, 0) is 4.79 Å². The van der Waals surface area contributed by atoms with E-state index in [1.165, 1.54) is 22.8 Å². The van der Waals surface area contributed by atoms with Crippen molar-refractivity contribution in [3.8, 4) is 17.2 Å². The van der Waals surface area contributed by atoms with Gasteiger partial charge in [0.05, 0.1) is 22.3 Å². The third-order valence-electron chi connectivity index (χ3n) is 5.47. The second kappa shape index (κ2) is 8.41. The van der Waals surface area contributed by atoms with Gasteiger partial charge in [-0.2, -0.15) is 8.78 Å². The van der Waals surface area contributed by atoms with Gasteiger partial charge in [-0.25, -0.2) is 14.8 Å². The molecule has 0 atom stereocenters. The standard InChI is InChI=1S/C25H13Cl2F2N3O3/c26-14-6-8-19-17(11-14)21(13-4-2-1-3-5-13)31-24(30-19)32-12-18(22(33)25(28,29)23(34)35)16-10-15(27)7-9-20(16)32/h1-12H,(H,34,35).